The molecule has 0 aromatic heterocycles. The summed E-state index contributed by atoms with van der Waals surface area (Å²) in [5.74, 6) is 0.923. The van der Waals surface area contributed by atoms with Crippen molar-refractivity contribution in [3.63, 3.8) is 0 Å². The van der Waals surface area contributed by atoms with Crippen molar-refractivity contribution in [1.82, 2.24) is 10.2 Å². The maximum Gasteiger partial charge on any atom is 0.0561 e. The summed E-state index contributed by atoms with van der Waals surface area (Å²) in [6, 6.07) is 1.57. The fourth-order valence-electron chi connectivity index (χ4n) is 3.68. The average Bonchev–Trinajstić information content (AvgIpc) is 2.72. The van der Waals surface area contributed by atoms with E-state index in [4.69, 9.17) is 4.74 Å². The monoisotopic (exact) mass is 224 g/mol. The molecule has 3 rings (SSSR count). The van der Waals surface area contributed by atoms with Gasteiger partial charge in [0.05, 0.1) is 6.10 Å². The van der Waals surface area contributed by atoms with Crippen LogP contribution in [0, 0.1) is 5.92 Å². The van der Waals surface area contributed by atoms with Gasteiger partial charge in [0.15, 0.2) is 0 Å². The standard InChI is InChI=1S/C13H24N2O/c1-10-7-12(4-6-16-10)15-8-11-3-2-5-14-13(11)9-15/h10-14H,2-9H2,1H3. The van der Waals surface area contributed by atoms with Gasteiger partial charge in [-0.1, -0.05) is 0 Å². The molecule has 16 heavy (non-hydrogen) atoms. The number of hydrogen-bond acceptors (Lipinski definition) is 3. The van der Waals surface area contributed by atoms with E-state index >= 15 is 0 Å². The predicted molar refractivity (Wildman–Crippen MR) is 64.5 cm³/mol. The Kier molecular flexibility index (Phi) is 3.18. The van der Waals surface area contributed by atoms with Crippen LogP contribution in [0.15, 0.2) is 0 Å². The van der Waals surface area contributed by atoms with Crippen LogP contribution in [0.3, 0.4) is 0 Å². The van der Waals surface area contributed by atoms with Gasteiger partial charge in [-0.3, -0.25) is 4.90 Å². The van der Waals surface area contributed by atoms with Crippen LogP contribution in [0.2, 0.25) is 0 Å². The van der Waals surface area contributed by atoms with Gasteiger partial charge in [0.2, 0.25) is 0 Å². The Morgan fingerprint density at radius 3 is 3.00 bits per heavy atom. The third-order valence-corrected chi connectivity index (χ3v) is 4.60. The molecule has 0 aliphatic carbocycles. The number of piperidine rings is 1. The molecule has 3 nitrogen and oxygen atoms in total. The molecule has 0 aromatic rings. The van der Waals surface area contributed by atoms with Crippen LogP contribution in [0.4, 0.5) is 0 Å². The third kappa shape index (κ3) is 2.13. The summed E-state index contributed by atoms with van der Waals surface area (Å²) >= 11 is 0. The summed E-state index contributed by atoms with van der Waals surface area (Å²) < 4.78 is 5.64. The molecule has 0 radical (unpaired) electrons. The topological polar surface area (TPSA) is 24.5 Å². The van der Waals surface area contributed by atoms with Gasteiger partial charge < -0.3 is 10.1 Å². The van der Waals surface area contributed by atoms with Gasteiger partial charge in [0.25, 0.3) is 0 Å². The lowest BCUT2D eigenvalue weighted by Crippen LogP contribution is -2.43. The molecule has 4 unspecified atom stereocenters. The van der Waals surface area contributed by atoms with Gasteiger partial charge in [-0.2, -0.15) is 0 Å². The normalized spacial score (nSPS) is 45.6. The summed E-state index contributed by atoms with van der Waals surface area (Å²) in [7, 11) is 0. The van der Waals surface area contributed by atoms with Crippen molar-refractivity contribution in [3.8, 4) is 0 Å². The quantitative estimate of drug-likeness (QED) is 0.725. The van der Waals surface area contributed by atoms with E-state index in [2.05, 4.69) is 17.1 Å². The maximum atomic E-state index is 5.64. The molecular formula is C13H24N2O. The number of hydrogen-bond donors (Lipinski definition) is 1. The summed E-state index contributed by atoms with van der Waals surface area (Å²) in [5, 5.41) is 3.69. The Morgan fingerprint density at radius 2 is 2.19 bits per heavy atom. The summed E-state index contributed by atoms with van der Waals surface area (Å²) in [6.07, 6.45) is 5.75. The van der Waals surface area contributed by atoms with Gasteiger partial charge in [0, 0.05) is 31.8 Å². The van der Waals surface area contributed by atoms with Crippen molar-refractivity contribution in [2.75, 3.05) is 26.2 Å². The van der Waals surface area contributed by atoms with Crippen LogP contribution in [0.5, 0.6) is 0 Å². The van der Waals surface area contributed by atoms with Crippen molar-refractivity contribution < 1.29 is 4.74 Å². The van der Waals surface area contributed by atoms with Gasteiger partial charge in [-0.05, 0) is 45.1 Å². The van der Waals surface area contributed by atoms with Crippen LogP contribution in [0.1, 0.15) is 32.6 Å². The van der Waals surface area contributed by atoms with Crippen LogP contribution in [0.25, 0.3) is 0 Å². The van der Waals surface area contributed by atoms with E-state index < -0.39 is 0 Å². The smallest absolute Gasteiger partial charge is 0.0561 e. The first-order valence-corrected chi connectivity index (χ1v) is 6.92. The molecule has 3 fully saturated rings. The van der Waals surface area contributed by atoms with E-state index in [-0.39, 0.29) is 0 Å². The van der Waals surface area contributed by atoms with Gasteiger partial charge in [-0.25, -0.2) is 0 Å². The Morgan fingerprint density at radius 1 is 1.25 bits per heavy atom. The first kappa shape index (κ1) is 11.0. The highest BCUT2D eigenvalue weighted by atomic mass is 16.5. The number of fused-ring (bicyclic) bond motifs is 1. The van der Waals surface area contributed by atoms with E-state index in [0.717, 1.165) is 24.6 Å². The first-order chi connectivity index (χ1) is 7.83. The van der Waals surface area contributed by atoms with Crippen molar-refractivity contribution >= 4 is 0 Å². The largest absolute Gasteiger partial charge is 0.378 e. The lowest BCUT2D eigenvalue weighted by Gasteiger charge is -2.34. The molecular weight excluding hydrogens is 200 g/mol. The molecule has 1 N–H and O–H groups in total. The minimum atomic E-state index is 0.467. The molecule has 0 aromatic carbocycles. The second-order valence-corrected chi connectivity index (χ2v) is 5.78. The molecule has 0 saturated carbocycles. The van der Waals surface area contributed by atoms with Crippen LogP contribution in [-0.4, -0.2) is 49.3 Å². The molecule has 0 bridgehead atoms. The van der Waals surface area contributed by atoms with Crippen LogP contribution < -0.4 is 5.32 Å². The summed E-state index contributed by atoms with van der Waals surface area (Å²) in [5.41, 5.74) is 0. The highest BCUT2D eigenvalue weighted by Crippen LogP contribution is 2.29. The van der Waals surface area contributed by atoms with Gasteiger partial charge in [0.1, 0.15) is 0 Å². The Bertz CT molecular complexity index is 232. The molecule has 0 amide bonds. The molecule has 3 aliphatic heterocycles. The minimum absolute atomic E-state index is 0.467. The van der Waals surface area contributed by atoms with E-state index in [1.807, 2.05) is 0 Å². The number of nitrogens with zero attached hydrogens (tertiary/aromatic N) is 1. The molecule has 3 heterocycles. The number of nitrogens with one attached hydrogen (secondary N) is 1. The number of rotatable bonds is 1. The molecule has 92 valence electrons. The lowest BCUT2D eigenvalue weighted by molar-refractivity contribution is -0.0131. The predicted octanol–water partition coefficient (Wildman–Crippen LogP) is 1.24. The van der Waals surface area contributed by atoms with Gasteiger partial charge >= 0.3 is 0 Å². The minimum Gasteiger partial charge on any atom is -0.378 e. The molecule has 3 aliphatic rings. The highest BCUT2D eigenvalue weighted by Gasteiger charge is 2.38. The van der Waals surface area contributed by atoms with Crippen molar-refractivity contribution in [2.24, 2.45) is 5.92 Å². The zero-order chi connectivity index (χ0) is 11.0. The number of likely N-dealkylation sites (tertiary alicyclic amines) is 1. The molecule has 0 spiro atoms. The SMILES string of the molecule is CC1CC(N2CC3CCCNC3C2)CCO1. The highest BCUT2D eigenvalue weighted by molar-refractivity contribution is 4.94. The fourth-order valence-corrected chi connectivity index (χ4v) is 3.68. The maximum absolute atomic E-state index is 5.64. The third-order valence-electron chi connectivity index (χ3n) is 4.60. The zero-order valence-corrected chi connectivity index (χ0v) is 10.3. The van der Waals surface area contributed by atoms with E-state index in [1.54, 1.807) is 0 Å². The van der Waals surface area contributed by atoms with Crippen molar-refractivity contribution in [1.29, 1.82) is 0 Å². The lowest BCUT2D eigenvalue weighted by atomic mass is 9.94. The van der Waals surface area contributed by atoms with Crippen LogP contribution >= 0.6 is 0 Å². The van der Waals surface area contributed by atoms with E-state index in [0.29, 0.717) is 6.10 Å². The second kappa shape index (κ2) is 4.63. The van der Waals surface area contributed by atoms with E-state index in [9.17, 15) is 0 Å². The molecule has 4 atom stereocenters. The Balaban J connectivity index is 1.59. The summed E-state index contributed by atoms with van der Waals surface area (Å²) in [6.45, 7) is 7.02. The van der Waals surface area contributed by atoms with Crippen molar-refractivity contribution in [2.45, 2.75) is 50.8 Å². The molecule has 3 saturated heterocycles. The summed E-state index contributed by atoms with van der Waals surface area (Å²) in [4.78, 5) is 2.73. The van der Waals surface area contributed by atoms with Gasteiger partial charge in [-0.15, -0.1) is 0 Å². The van der Waals surface area contributed by atoms with Crippen LogP contribution in [-0.2, 0) is 4.74 Å². The first-order valence-electron chi connectivity index (χ1n) is 6.92. The van der Waals surface area contributed by atoms with E-state index in [1.165, 1.54) is 45.3 Å². The second-order valence-electron chi connectivity index (χ2n) is 5.78. The average molecular weight is 224 g/mol. The number of ether oxygens (including phenoxy) is 1. The Hall–Kier alpha value is -0.120. The molecule has 3 heteroatoms. The Labute approximate surface area is 98.5 Å². The van der Waals surface area contributed by atoms with Crippen molar-refractivity contribution in [3.05, 3.63) is 0 Å². The fraction of sp³-hybridized carbons (Fsp3) is 1.00. The zero-order valence-electron chi connectivity index (χ0n) is 10.3.